The van der Waals surface area contributed by atoms with Crippen LogP contribution in [0.5, 0.6) is 0 Å². The number of hydrogen-bond acceptors (Lipinski definition) is 6. The molecule has 2 aromatic carbocycles. The van der Waals surface area contributed by atoms with Gasteiger partial charge in [0.25, 0.3) is 0 Å². The average molecular weight is 419 g/mol. The molecule has 29 heavy (non-hydrogen) atoms. The number of rotatable bonds is 7. The van der Waals surface area contributed by atoms with Crippen molar-refractivity contribution in [3.05, 3.63) is 65.7 Å². The number of methoxy groups -OCH3 is 1. The molecule has 0 amide bonds. The lowest BCUT2D eigenvalue weighted by Gasteiger charge is -2.39. The van der Waals surface area contributed by atoms with Gasteiger partial charge in [0.05, 0.1) is 17.6 Å². The predicted octanol–water partition coefficient (Wildman–Crippen LogP) is 2.07. The van der Waals surface area contributed by atoms with E-state index in [4.69, 9.17) is 4.74 Å². The van der Waals surface area contributed by atoms with Crippen LogP contribution in [-0.4, -0.2) is 46.4 Å². The van der Waals surface area contributed by atoms with E-state index in [1.165, 1.54) is 31.4 Å². The zero-order chi connectivity index (χ0) is 20.9. The first-order valence-corrected chi connectivity index (χ1v) is 10.9. The lowest BCUT2D eigenvalue weighted by atomic mass is 9.77. The Balaban J connectivity index is 1.82. The van der Waals surface area contributed by atoms with Crippen molar-refractivity contribution in [3.8, 4) is 0 Å². The highest BCUT2D eigenvalue weighted by molar-refractivity contribution is 7.89. The third-order valence-electron chi connectivity index (χ3n) is 5.29. The fraction of sp³-hybridized carbons (Fsp3) is 0.381. The zero-order valence-corrected chi connectivity index (χ0v) is 17.0. The lowest BCUT2D eigenvalue weighted by molar-refractivity contribution is -0.0663. The van der Waals surface area contributed by atoms with Crippen molar-refractivity contribution in [1.29, 1.82) is 0 Å². The van der Waals surface area contributed by atoms with E-state index in [9.17, 15) is 18.3 Å². The number of carbonyl (C=O) groups excluding carboxylic acids is 1. The van der Waals surface area contributed by atoms with Crippen LogP contribution in [0.3, 0.4) is 0 Å². The smallest absolute Gasteiger partial charge is 0.337 e. The summed E-state index contributed by atoms with van der Waals surface area (Å²) >= 11 is 0. The summed E-state index contributed by atoms with van der Waals surface area (Å²) < 4.78 is 38.1. The summed E-state index contributed by atoms with van der Waals surface area (Å²) in [6, 6.07) is 14.5. The fourth-order valence-corrected chi connectivity index (χ4v) is 4.63. The quantitative estimate of drug-likeness (QED) is 0.666. The van der Waals surface area contributed by atoms with Crippen LogP contribution in [0.25, 0.3) is 0 Å². The molecule has 0 bridgehead atoms. The summed E-state index contributed by atoms with van der Waals surface area (Å²) in [5.41, 5.74) is -0.436. The van der Waals surface area contributed by atoms with Gasteiger partial charge in [-0.25, -0.2) is 17.9 Å². The summed E-state index contributed by atoms with van der Waals surface area (Å²) in [7, 11) is -2.62. The van der Waals surface area contributed by atoms with E-state index < -0.39 is 21.6 Å². The van der Waals surface area contributed by atoms with Crippen LogP contribution in [-0.2, 0) is 25.1 Å². The SMILES string of the molecule is COC(=O)c1ccc(S(=O)(=O)NC[C@](O)(c2ccccc2)C2CCOCC2)cc1. The molecule has 1 heterocycles. The fourth-order valence-electron chi connectivity index (χ4n) is 3.56. The first kappa shape index (κ1) is 21.4. The minimum absolute atomic E-state index is 0.00698. The normalized spacial score (nSPS) is 17.4. The molecule has 0 unspecified atom stereocenters. The molecule has 1 saturated heterocycles. The number of nitrogens with one attached hydrogen (secondary N) is 1. The Hall–Kier alpha value is -2.26. The van der Waals surface area contributed by atoms with E-state index >= 15 is 0 Å². The molecule has 1 fully saturated rings. The van der Waals surface area contributed by atoms with E-state index in [-0.39, 0.29) is 22.9 Å². The molecule has 0 spiro atoms. The average Bonchev–Trinajstić information content (AvgIpc) is 2.78. The maximum Gasteiger partial charge on any atom is 0.337 e. The second kappa shape index (κ2) is 9.04. The Morgan fingerprint density at radius 1 is 1.14 bits per heavy atom. The lowest BCUT2D eigenvalue weighted by Crippen LogP contribution is -2.47. The van der Waals surface area contributed by atoms with Gasteiger partial charge in [0, 0.05) is 19.8 Å². The molecule has 8 heteroatoms. The van der Waals surface area contributed by atoms with Crippen LogP contribution in [0.2, 0.25) is 0 Å². The molecule has 1 aliphatic heterocycles. The maximum absolute atomic E-state index is 12.8. The number of hydrogen-bond donors (Lipinski definition) is 2. The minimum Gasteiger partial charge on any atom is -0.465 e. The molecule has 0 aliphatic carbocycles. The van der Waals surface area contributed by atoms with Crippen LogP contribution in [0.1, 0.15) is 28.8 Å². The number of sulfonamides is 1. The second-order valence-corrected chi connectivity index (χ2v) is 8.78. The molecular formula is C21H25NO6S. The third-order valence-corrected chi connectivity index (χ3v) is 6.70. The van der Waals surface area contributed by atoms with Gasteiger partial charge in [0.1, 0.15) is 5.60 Å². The maximum atomic E-state index is 12.8. The molecule has 156 valence electrons. The highest BCUT2D eigenvalue weighted by Crippen LogP contribution is 2.36. The van der Waals surface area contributed by atoms with E-state index in [2.05, 4.69) is 9.46 Å². The van der Waals surface area contributed by atoms with Gasteiger partial charge in [-0.2, -0.15) is 0 Å². The summed E-state index contributed by atoms with van der Waals surface area (Å²) in [5, 5.41) is 11.5. The van der Waals surface area contributed by atoms with Crippen LogP contribution in [0.15, 0.2) is 59.5 Å². The Kier molecular flexibility index (Phi) is 6.69. The topological polar surface area (TPSA) is 102 Å². The van der Waals surface area contributed by atoms with Crippen LogP contribution in [0.4, 0.5) is 0 Å². The van der Waals surface area contributed by atoms with Gasteiger partial charge in [-0.15, -0.1) is 0 Å². The largest absolute Gasteiger partial charge is 0.465 e. The van der Waals surface area contributed by atoms with Gasteiger partial charge in [0.2, 0.25) is 10.0 Å². The van der Waals surface area contributed by atoms with Crippen molar-refractivity contribution < 1.29 is 27.8 Å². The highest BCUT2D eigenvalue weighted by Gasteiger charge is 2.40. The Morgan fingerprint density at radius 3 is 2.34 bits per heavy atom. The van der Waals surface area contributed by atoms with E-state index in [0.717, 1.165) is 0 Å². The molecule has 0 saturated carbocycles. The molecule has 2 aromatic rings. The summed E-state index contributed by atoms with van der Waals surface area (Å²) in [5.74, 6) is -0.678. The van der Waals surface area contributed by atoms with Gasteiger partial charge in [-0.05, 0) is 48.6 Å². The molecule has 0 radical (unpaired) electrons. The number of carbonyl (C=O) groups is 1. The number of esters is 1. The predicted molar refractivity (Wildman–Crippen MR) is 107 cm³/mol. The van der Waals surface area contributed by atoms with Crippen molar-refractivity contribution in [2.75, 3.05) is 26.9 Å². The number of aliphatic hydroxyl groups is 1. The molecule has 1 atom stereocenters. The van der Waals surface area contributed by atoms with E-state index in [1.54, 1.807) is 12.1 Å². The van der Waals surface area contributed by atoms with Crippen molar-refractivity contribution in [3.63, 3.8) is 0 Å². The van der Waals surface area contributed by atoms with Crippen molar-refractivity contribution in [2.24, 2.45) is 5.92 Å². The number of ether oxygens (including phenoxy) is 2. The summed E-state index contributed by atoms with van der Waals surface area (Å²) in [4.78, 5) is 11.5. The minimum atomic E-state index is -3.88. The standard InChI is InChI=1S/C21H25NO6S/c1-27-20(23)16-7-9-19(10-8-16)29(25,26)22-15-21(24,17-5-3-2-4-6-17)18-11-13-28-14-12-18/h2-10,18,22,24H,11-15H2,1H3/t21-/m0/s1. The molecule has 2 N–H and O–H groups in total. The Labute approximate surface area is 170 Å². The Morgan fingerprint density at radius 2 is 1.76 bits per heavy atom. The van der Waals surface area contributed by atoms with Crippen molar-refractivity contribution in [2.45, 2.75) is 23.3 Å². The van der Waals surface area contributed by atoms with E-state index in [1.807, 2.05) is 18.2 Å². The molecule has 7 nitrogen and oxygen atoms in total. The van der Waals surface area contributed by atoms with Crippen LogP contribution >= 0.6 is 0 Å². The Bertz CT molecular complexity index is 923. The first-order chi connectivity index (χ1) is 13.9. The molecule has 3 rings (SSSR count). The van der Waals surface area contributed by atoms with Gasteiger partial charge in [0.15, 0.2) is 0 Å². The molecule has 1 aliphatic rings. The monoisotopic (exact) mass is 419 g/mol. The summed E-state index contributed by atoms with van der Waals surface area (Å²) in [6.07, 6.45) is 1.28. The second-order valence-electron chi connectivity index (χ2n) is 7.02. The molecular weight excluding hydrogens is 394 g/mol. The van der Waals surface area contributed by atoms with Crippen LogP contribution in [0, 0.1) is 5.92 Å². The van der Waals surface area contributed by atoms with Gasteiger partial charge in [-0.1, -0.05) is 30.3 Å². The third kappa shape index (κ3) is 4.84. The van der Waals surface area contributed by atoms with Gasteiger partial charge < -0.3 is 14.6 Å². The summed E-state index contributed by atoms with van der Waals surface area (Å²) in [6.45, 7) is 0.895. The van der Waals surface area contributed by atoms with Crippen molar-refractivity contribution in [1.82, 2.24) is 4.72 Å². The van der Waals surface area contributed by atoms with Crippen LogP contribution < -0.4 is 4.72 Å². The van der Waals surface area contributed by atoms with Gasteiger partial charge >= 0.3 is 5.97 Å². The van der Waals surface area contributed by atoms with E-state index in [0.29, 0.717) is 31.6 Å². The molecule has 0 aromatic heterocycles. The highest BCUT2D eigenvalue weighted by atomic mass is 32.2. The first-order valence-electron chi connectivity index (χ1n) is 9.40. The van der Waals surface area contributed by atoms with Gasteiger partial charge in [-0.3, -0.25) is 0 Å². The number of benzene rings is 2. The zero-order valence-electron chi connectivity index (χ0n) is 16.2. The van der Waals surface area contributed by atoms with Crippen molar-refractivity contribution >= 4 is 16.0 Å².